The van der Waals surface area contributed by atoms with Crippen LogP contribution in [0, 0.1) is 11.3 Å². The maximum Gasteiger partial charge on any atom is 0.146 e. The van der Waals surface area contributed by atoms with Gasteiger partial charge in [0, 0.05) is 5.92 Å². The van der Waals surface area contributed by atoms with Crippen molar-refractivity contribution in [2.75, 3.05) is 0 Å². The number of ketones is 1. The van der Waals surface area contributed by atoms with Gasteiger partial charge in [-0.25, -0.2) is 0 Å². The summed E-state index contributed by atoms with van der Waals surface area (Å²) in [5.41, 5.74) is -0.185. The number of rotatable bonds is 0. The lowest BCUT2D eigenvalue weighted by Gasteiger charge is -2.48. The standard InChI is InChI=1S/C11H18O2/c1-7-9-5-4-6-11(3,10(9)12)8(2)13-7/h7-9H,4-6H2,1-3H3. The third kappa shape index (κ3) is 1.15. The van der Waals surface area contributed by atoms with Gasteiger partial charge in [0.05, 0.1) is 17.6 Å². The van der Waals surface area contributed by atoms with Gasteiger partial charge in [-0.2, -0.15) is 0 Å². The predicted molar refractivity (Wildman–Crippen MR) is 50.5 cm³/mol. The van der Waals surface area contributed by atoms with Crippen molar-refractivity contribution in [1.82, 2.24) is 0 Å². The van der Waals surface area contributed by atoms with Gasteiger partial charge in [0.1, 0.15) is 5.78 Å². The van der Waals surface area contributed by atoms with Crippen LogP contribution in [0.25, 0.3) is 0 Å². The van der Waals surface area contributed by atoms with Gasteiger partial charge in [-0.3, -0.25) is 4.79 Å². The summed E-state index contributed by atoms with van der Waals surface area (Å²) >= 11 is 0. The molecule has 0 aromatic heterocycles. The van der Waals surface area contributed by atoms with E-state index in [-0.39, 0.29) is 23.5 Å². The average molecular weight is 182 g/mol. The highest BCUT2D eigenvalue weighted by molar-refractivity contribution is 5.89. The first-order chi connectivity index (χ1) is 6.05. The predicted octanol–water partition coefficient (Wildman–Crippen LogP) is 2.17. The summed E-state index contributed by atoms with van der Waals surface area (Å²) in [6.45, 7) is 6.14. The van der Waals surface area contributed by atoms with Crippen LogP contribution >= 0.6 is 0 Å². The Morgan fingerprint density at radius 2 is 2.15 bits per heavy atom. The molecule has 4 unspecified atom stereocenters. The summed E-state index contributed by atoms with van der Waals surface area (Å²) in [6, 6.07) is 0. The van der Waals surface area contributed by atoms with Crippen LogP contribution in [0.5, 0.6) is 0 Å². The van der Waals surface area contributed by atoms with Gasteiger partial charge in [-0.15, -0.1) is 0 Å². The molecule has 2 fully saturated rings. The van der Waals surface area contributed by atoms with E-state index in [1.165, 1.54) is 6.42 Å². The van der Waals surface area contributed by atoms with E-state index in [2.05, 4.69) is 6.92 Å². The summed E-state index contributed by atoms with van der Waals surface area (Å²) in [5.74, 6) is 0.625. The third-order valence-corrected chi connectivity index (χ3v) is 3.99. The molecule has 0 N–H and O–H groups in total. The van der Waals surface area contributed by atoms with Gasteiger partial charge in [0.25, 0.3) is 0 Å². The molecule has 0 spiro atoms. The highest BCUT2D eigenvalue weighted by atomic mass is 16.5. The van der Waals surface area contributed by atoms with Gasteiger partial charge in [-0.05, 0) is 26.7 Å². The fourth-order valence-electron chi connectivity index (χ4n) is 2.79. The van der Waals surface area contributed by atoms with Crippen molar-refractivity contribution in [1.29, 1.82) is 0 Å². The first kappa shape index (κ1) is 9.20. The van der Waals surface area contributed by atoms with Crippen molar-refractivity contribution in [3.8, 4) is 0 Å². The van der Waals surface area contributed by atoms with Crippen LogP contribution < -0.4 is 0 Å². The highest BCUT2D eigenvalue weighted by Crippen LogP contribution is 2.45. The molecule has 1 aliphatic carbocycles. The molecule has 0 aromatic rings. The summed E-state index contributed by atoms with van der Waals surface area (Å²) in [5, 5.41) is 0. The molecular formula is C11H18O2. The van der Waals surface area contributed by atoms with Crippen molar-refractivity contribution in [3.05, 3.63) is 0 Å². The number of hydrogen-bond acceptors (Lipinski definition) is 2. The number of Topliss-reactive ketones (excluding diaryl/α,β-unsaturated/α-hetero) is 1. The van der Waals surface area contributed by atoms with Crippen molar-refractivity contribution >= 4 is 5.78 Å². The second-order valence-electron chi connectivity index (χ2n) is 4.76. The van der Waals surface area contributed by atoms with Gasteiger partial charge >= 0.3 is 0 Å². The number of carbonyl (C=O) groups excluding carboxylic acids is 1. The van der Waals surface area contributed by atoms with Crippen LogP contribution in [0.3, 0.4) is 0 Å². The molecule has 2 bridgehead atoms. The lowest BCUT2D eigenvalue weighted by atomic mass is 9.64. The first-order valence-electron chi connectivity index (χ1n) is 5.25. The fraction of sp³-hybridized carbons (Fsp3) is 0.909. The topological polar surface area (TPSA) is 26.3 Å². The summed E-state index contributed by atoms with van der Waals surface area (Å²) in [7, 11) is 0. The van der Waals surface area contributed by atoms with Crippen LogP contribution in [0.2, 0.25) is 0 Å². The number of hydrogen-bond donors (Lipinski definition) is 0. The van der Waals surface area contributed by atoms with Crippen LogP contribution in [0.4, 0.5) is 0 Å². The van der Waals surface area contributed by atoms with E-state index in [0.717, 1.165) is 12.8 Å². The largest absolute Gasteiger partial charge is 0.374 e. The molecule has 0 aromatic carbocycles. The molecule has 2 nitrogen and oxygen atoms in total. The molecule has 1 heterocycles. The van der Waals surface area contributed by atoms with Gasteiger partial charge in [0.15, 0.2) is 0 Å². The van der Waals surface area contributed by atoms with E-state index >= 15 is 0 Å². The van der Waals surface area contributed by atoms with Crippen molar-refractivity contribution in [2.24, 2.45) is 11.3 Å². The minimum Gasteiger partial charge on any atom is -0.374 e. The second-order valence-corrected chi connectivity index (χ2v) is 4.76. The molecule has 4 atom stereocenters. The van der Waals surface area contributed by atoms with Crippen LogP contribution in [0.1, 0.15) is 40.0 Å². The summed E-state index contributed by atoms with van der Waals surface area (Å²) in [4.78, 5) is 12.1. The Morgan fingerprint density at radius 1 is 1.46 bits per heavy atom. The molecule has 13 heavy (non-hydrogen) atoms. The zero-order valence-electron chi connectivity index (χ0n) is 8.67. The Morgan fingerprint density at radius 3 is 2.85 bits per heavy atom. The van der Waals surface area contributed by atoms with Gasteiger partial charge < -0.3 is 4.74 Å². The minimum absolute atomic E-state index is 0.103. The zero-order chi connectivity index (χ0) is 9.64. The van der Waals surface area contributed by atoms with Gasteiger partial charge in [0.2, 0.25) is 0 Å². The molecule has 0 radical (unpaired) electrons. The number of carbonyl (C=O) groups is 1. The van der Waals surface area contributed by atoms with E-state index in [9.17, 15) is 4.79 Å². The SMILES string of the molecule is CC1OC(C)C2(C)CCCC1C2=O. The lowest BCUT2D eigenvalue weighted by molar-refractivity contribution is -0.177. The second kappa shape index (κ2) is 2.81. The Kier molecular flexibility index (Phi) is 1.99. The van der Waals surface area contributed by atoms with Gasteiger partial charge in [-0.1, -0.05) is 13.3 Å². The Labute approximate surface area is 79.7 Å². The molecule has 74 valence electrons. The molecule has 2 aliphatic rings. The maximum absolute atomic E-state index is 12.1. The lowest BCUT2D eigenvalue weighted by Crippen LogP contribution is -2.55. The van der Waals surface area contributed by atoms with E-state index in [1.807, 2.05) is 13.8 Å². The zero-order valence-corrected chi connectivity index (χ0v) is 8.67. The van der Waals surface area contributed by atoms with Crippen LogP contribution in [-0.2, 0) is 9.53 Å². The van der Waals surface area contributed by atoms with Crippen molar-refractivity contribution in [2.45, 2.75) is 52.2 Å². The van der Waals surface area contributed by atoms with E-state index in [0.29, 0.717) is 5.78 Å². The third-order valence-electron chi connectivity index (χ3n) is 3.99. The number of fused-ring (bicyclic) bond motifs is 2. The molecule has 2 rings (SSSR count). The van der Waals surface area contributed by atoms with Crippen LogP contribution in [-0.4, -0.2) is 18.0 Å². The smallest absolute Gasteiger partial charge is 0.146 e. The first-order valence-corrected chi connectivity index (χ1v) is 5.25. The fourth-order valence-corrected chi connectivity index (χ4v) is 2.79. The van der Waals surface area contributed by atoms with E-state index < -0.39 is 0 Å². The monoisotopic (exact) mass is 182 g/mol. The molecular weight excluding hydrogens is 164 g/mol. The Hall–Kier alpha value is -0.370. The minimum atomic E-state index is -0.185. The average Bonchev–Trinajstić information content (AvgIpc) is 2.07. The quantitative estimate of drug-likeness (QED) is 0.574. The van der Waals surface area contributed by atoms with E-state index in [1.54, 1.807) is 0 Å². The molecule has 1 aliphatic heterocycles. The summed E-state index contributed by atoms with van der Waals surface area (Å²) in [6.07, 6.45) is 3.46. The summed E-state index contributed by atoms with van der Waals surface area (Å²) < 4.78 is 5.81. The number of ether oxygens (including phenoxy) is 1. The molecule has 1 saturated carbocycles. The van der Waals surface area contributed by atoms with E-state index in [4.69, 9.17) is 4.74 Å². The normalized spacial score (nSPS) is 50.7. The van der Waals surface area contributed by atoms with Crippen molar-refractivity contribution < 1.29 is 9.53 Å². The van der Waals surface area contributed by atoms with Crippen LogP contribution in [0.15, 0.2) is 0 Å². The Bertz CT molecular complexity index is 236. The highest BCUT2D eigenvalue weighted by Gasteiger charge is 2.51. The Balaban J connectivity index is 2.32. The molecule has 0 amide bonds. The maximum atomic E-state index is 12.1. The molecule has 1 saturated heterocycles. The molecule has 2 heteroatoms. The van der Waals surface area contributed by atoms with Crippen molar-refractivity contribution in [3.63, 3.8) is 0 Å².